The lowest BCUT2D eigenvalue weighted by Gasteiger charge is -2.09. The molecule has 0 amide bonds. The smallest absolute Gasteiger partial charge is 0.198 e. The van der Waals surface area contributed by atoms with Crippen LogP contribution in [-0.2, 0) is 12.8 Å². The molecule has 124 valence electrons. The van der Waals surface area contributed by atoms with E-state index < -0.39 is 0 Å². The minimum absolute atomic E-state index is 0.444. The number of rotatable bonds is 3. The molecule has 0 heterocycles. The van der Waals surface area contributed by atoms with Crippen molar-refractivity contribution in [3.05, 3.63) is 71.3 Å². The summed E-state index contributed by atoms with van der Waals surface area (Å²) in [7, 11) is 0. The summed E-state index contributed by atoms with van der Waals surface area (Å²) in [5, 5.41) is 5.88. The second-order valence-corrected chi connectivity index (χ2v) is 7.10. The van der Waals surface area contributed by atoms with Crippen LogP contribution in [0.4, 0.5) is 11.4 Å². The molecule has 0 spiro atoms. The van der Waals surface area contributed by atoms with Crippen molar-refractivity contribution in [1.29, 1.82) is 0 Å². The van der Waals surface area contributed by atoms with Gasteiger partial charge in [0.05, 0.1) is 5.69 Å². The molecule has 2 aliphatic rings. The summed E-state index contributed by atoms with van der Waals surface area (Å²) >= 11 is 0. The normalized spacial score (nSPS) is 16.4. The van der Waals surface area contributed by atoms with Gasteiger partial charge in [0.15, 0.2) is 5.96 Å². The molecular formula is C22H21N3. The Bertz CT molecular complexity index is 982. The van der Waals surface area contributed by atoms with Gasteiger partial charge in [-0.15, -0.1) is 0 Å². The molecule has 0 aromatic heterocycles. The van der Waals surface area contributed by atoms with E-state index >= 15 is 0 Å². The second-order valence-electron chi connectivity index (χ2n) is 7.10. The predicted octanol–water partition coefficient (Wildman–Crippen LogP) is 4.87. The third-order valence-electron chi connectivity index (χ3n) is 5.33. The highest BCUT2D eigenvalue weighted by molar-refractivity contribution is 5.98. The maximum atomic E-state index is 6.17. The summed E-state index contributed by atoms with van der Waals surface area (Å²) in [5.41, 5.74) is 12.3. The van der Waals surface area contributed by atoms with Crippen LogP contribution in [0.3, 0.4) is 0 Å². The van der Waals surface area contributed by atoms with Crippen LogP contribution in [0.15, 0.2) is 59.6 Å². The lowest BCUT2D eigenvalue weighted by atomic mass is 10.0. The van der Waals surface area contributed by atoms with Crippen LogP contribution in [0.2, 0.25) is 0 Å². The minimum Gasteiger partial charge on any atom is -0.369 e. The highest BCUT2D eigenvalue weighted by Gasteiger charge is 2.23. The van der Waals surface area contributed by atoms with Crippen LogP contribution in [0.25, 0.3) is 10.8 Å². The predicted molar refractivity (Wildman–Crippen MR) is 105 cm³/mol. The average molecular weight is 327 g/mol. The van der Waals surface area contributed by atoms with Crippen molar-refractivity contribution < 1.29 is 0 Å². The largest absolute Gasteiger partial charge is 0.369 e. The van der Waals surface area contributed by atoms with Crippen LogP contribution < -0.4 is 11.1 Å². The number of anilines is 1. The maximum Gasteiger partial charge on any atom is 0.198 e. The molecule has 5 rings (SSSR count). The Labute approximate surface area is 147 Å². The van der Waals surface area contributed by atoms with Crippen LogP contribution >= 0.6 is 0 Å². The highest BCUT2D eigenvalue weighted by Crippen LogP contribution is 2.40. The lowest BCUT2D eigenvalue weighted by Crippen LogP contribution is -2.22. The Morgan fingerprint density at radius 3 is 2.60 bits per heavy atom. The maximum absolute atomic E-state index is 6.17. The molecule has 25 heavy (non-hydrogen) atoms. The van der Waals surface area contributed by atoms with Gasteiger partial charge in [-0.05, 0) is 77.3 Å². The van der Waals surface area contributed by atoms with E-state index in [1.807, 2.05) is 0 Å². The Hall–Kier alpha value is -2.81. The number of aliphatic imine (C=N–C) groups is 1. The first-order valence-electron chi connectivity index (χ1n) is 9.02. The van der Waals surface area contributed by atoms with E-state index in [1.165, 1.54) is 40.3 Å². The Balaban J connectivity index is 1.43. The Kier molecular flexibility index (Phi) is 3.27. The monoisotopic (exact) mass is 327 g/mol. The van der Waals surface area contributed by atoms with Crippen LogP contribution in [0.1, 0.15) is 35.4 Å². The van der Waals surface area contributed by atoms with Gasteiger partial charge >= 0.3 is 0 Å². The van der Waals surface area contributed by atoms with E-state index in [2.05, 4.69) is 64.9 Å². The van der Waals surface area contributed by atoms with E-state index in [4.69, 9.17) is 5.73 Å². The summed E-state index contributed by atoms with van der Waals surface area (Å²) in [6.45, 7) is 0. The van der Waals surface area contributed by atoms with Crippen LogP contribution in [0.5, 0.6) is 0 Å². The number of benzene rings is 3. The summed E-state index contributed by atoms with van der Waals surface area (Å²) in [6, 6.07) is 19.3. The Morgan fingerprint density at radius 2 is 1.80 bits per heavy atom. The van der Waals surface area contributed by atoms with Crippen LogP contribution in [0, 0.1) is 0 Å². The molecule has 1 saturated carbocycles. The number of aryl methyl sites for hydroxylation is 2. The Morgan fingerprint density at radius 1 is 0.960 bits per heavy atom. The highest BCUT2D eigenvalue weighted by atomic mass is 15.1. The molecule has 3 aromatic rings. The zero-order chi connectivity index (χ0) is 16.8. The first-order chi connectivity index (χ1) is 12.3. The lowest BCUT2D eigenvalue weighted by molar-refractivity contribution is 1.02. The van der Waals surface area contributed by atoms with Gasteiger partial charge in [-0.1, -0.05) is 36.4 Å². The standard InChI is InChI=1S/C22H21N3/c23-22(24-18-10-6-15(7-11-18)14-4-5-14)25-20-13-9-17-3-1-2-16-8-12-19(20)21(16)17/h1-3,6-7,9-11,13-14H,4-5,8,12H2,(H3,23,24,25). The van der Waals surface area contributed by atoms with Crippen molar-refractivity contribution in [1.82, 2.24) is 0 Å². The van der Waals surface area contributed by atoms with Gasteiger partial charge in [0.25, 0.3) is 0 Å². The van der Waals surface area contributed by atoms with Gasteiger partial charge in [0.1, 0.15) is 0 Å². The zero-order valence-corrected chi connectivity index (χ0v) is 14.1. The summed E-state index contributed by atoms with van der Waals surface area (Å²) in [6.07, 6.45) is 4.78. The second kappa shape index (κ2) is 5.62. The molecule has 3 aromatic carbocycles. The average Bonchev–Trinajstić information content (AvgIpc) is 3.38. The molecule has 3 heteroatoms. The summed E-state index contributed by atoms with van der Waals surface area (Å²) in [4.78, 5) is 4.66. The molecule has 0 unspecified atom stereocenters. The van der Waals surface area contributed by atoms with Gasteiger partial charge in [0, 0.05) is 5.69 Å². The minimum atomic E-state index is 0.444. The molecule has 3 nitrogen and oxygen atoms in total. The molecule has 0 radical (unpaired) electrons. The van der Waals surface area contributed by atoms with Crippen molar-refractivity contribution in [3.8, 4) is 0 Å². The van der Waals surface area contributed by atoms with E-state index in [1.54, 1.807) is 0 Å². The van der Waals surface area contributed by atoms with Crippen molar-refractivity contribution in [3.63, 3.8) is 0 Å². The fourth-order valence-corrected chi connectivity index (χ4v) is 3.91. The number of nitrogens with one attached hydrogen (secondary N) is 1. The quantitative estimate of drug-likeness (QED) is 0.532. The summed E-state index contributed by atoms with van der Waals surface area (Å²) in [5.74, 6) is 1.22. The van der Waals surface area contributed by atoms with Crippen LogP contribution in [-0.4, -0.2) is 5.96 Å². The van der Waals surface area contributed by atoms with Gasteiger partial charge in [-0.3, -0.25) is 0 Å². The van der Waals surface area contributed by atoms with E-state index in [-0.39, 0.29) is 0 Å². The van der Waals surface area contributed by atoms with Gasteiger partial charge < -0.3 is 11.1 Å². The molecule has 3 N–H and O–H groups in total. The number of hydrogen-bond donors (Lipinski definition) is 2. The molecule has 0 saturated heterocycles. The fraction of sp³-hybridized carbons (Fsp3) is 0.227. The molecule has 0 atom stereocenters. The number of nitrogens with two attached hydrogens (primary N) is 1. The van der Waals surface area contributed by atoms with Gasteiger partial charge in [-0.25, -0.2) is 4.99 Å². The van der Waals surface area contributed by atoms with E-state index in [9.17, 15) is 0 Å². The molecule has 2 aliphatic carbocycles. The van der Waals surface area contributed by atoms with Gasteiger partial charge in [-0.2, -0.15) is 0 Å². The first kappa shape index (κ1) is 14.5. The molecule has 1 fully saturated rings. The fourth-order valence-electron chi connectivity index (χ4n) is 3.91. The number of nitrogens with zero attached hydrogens (tertiary/aromatic N) is 1. The van der Waals surface area contributed by atoms with E-state index in [0.717, 1.165) is 30.1 Å². The SMILES string of the molecule is NC(=Nc1ccc2cccc3c2c1CC3)Nc1ccc(C2CC2)cc1. The number of guanidine groups is 1. The van der Waals surface area contributed by atoms with Crippen molar-refractivity contribution >= 4 is 28.1 Å². The third kappa shape index (κ3) is 2.66. The van der Waals surface area contributed by atoms with Gasteiger partial charge in [0.2, 0.25) is 0 Å². The summed E-state index contributed by atoms with van der Waals surface area (Å²) < 4.78 is 0. The molecular weight excluding hydrogens is 306 g/mol. The topological polar surface area (TPSA) is 50.4 Å². The number of hydrogen-bond acceptors (Lipinski definition) is 1. The van der Waals surface area contributed by atoms with Crippen molar-refractivity contribution in [2.75, 3.05) is 5.32 Å². The van der Waals surface area contributed by atoms with E-state index in [0.29, 0.717) is 5.96 Å². The molecule has 0 aliphatic heterocycles. The first-order valence-corrected chi connectivity index (χ1v) is 9.02. The van der Waals surface area contributed by atoms with Crippen molar-refractivity contribution in [2.45, 2.75) is 31.6 Å². The third-order valence-corrected chi connectivity index (χ3v) is 5.33. The molecule has 0 bridgehead atoms. The zero-order valence-electron chi connectivity index (χ0n) is 14.1. The van der Waals surface area contributed by atoms with Crippen molar-refractivity contribution in [2.24, 2.45) is 10.7 Å².